The van der Waals surface area contributed by atoms with Crippen molar-refractivity contribution >= 4 is 16.9 Å². The van der Waals surface area contributed by atoms with Gasteiger partial charge in [0, 0.05) is 5.39 Å². The van der Waals surface area contributed by atoms with E-state index in [1.807, 2.05) is 32.0 Å². The molecule has 4 heteroatoms. The lowest BCUT2D eigenvalue weighted by molar-refractivity contribution is 0.0912. The zero-order valence-electron chi connectivity index (χ0n) is 10.3. The van der Waals surface area contributed by atoms with Crippen LogP contribution in [0.2, 0.25) is 0 Å². The first-order valence-electron chi connectivity index (χ1n) is 5.81. The van der Waals surface area contributed by atoms with Crippen LogP contribution in [0.5, 0.6) is 0 Å². The predicted molar refractivity (Wildman–Crippen MR) is 67.9 cm³/mol. The number of hydrogen-bond acceptors (Lipinski definition) is 3. The molecule has 4 nitrogen and oxygen atoms in total. The van der Waals surface area contributed by atoms with Crippen molar-refractivity contribution in [2.75, 3.05) is 0 Å². The van der Waals surface area contributed by atoms with Crippen LogP contribution in [0.4, 0.5) is 0 Å². The molecule has 0 bridgehead atoms. The molecule has 0 saturated carbocycles. The molecule has 0 fully saturated rings. The van der Waals surface area contributed by atoms with Crippen LogP contribution >= 0.6 is 0 Å². The van der Waals surface area contributed by atoms with Crippen LogP contribution in [-0.4, -0.2) is 11.9 Å². The molecule has 2 rings (SSSR count). The number of carbonyl (C=O) groups excluding carboxylic acids is 1. The summed E-state index contributed by atoms with van der Waals surface area (Å²) in [6.07, 6.45) is 0. The fourth-order valence-electron chi connectivity index (χ4n) is 1.65. The summed E-state index contributed by atoms with van der Waals surface area (Å²) in [5.41, 5.74) is 0.667. The molecule has 1 heterocycles. The van der Waals surface area contributed by atoms with E-state index in [4.69, 9.17) is 9.68 Å². The first-order valence-corrected chi connectivity index (χ1v) is 5.81. The maximum Gasteiger partial charge on any atom is 0.288 e. The number of benzene rings is 1. The van der Waals surface area contributed by atoms with E-state index in [1.54, 1.807) is 12.1 Å². The molecule has 1 amide bonds. The number of nitrogens with zero attached hydrogens (tertiary/aromatic N) is 1. The van der Waals surface area contributed by atoms with Crippen molar-refractivity contribution in [3.63, 3.8) is 0 Å². The standard InChI is InChI=1S/C14H14N2O2/c1-9(2)11(8-15)16-14(17)13-7-10-5-3-4-6-12(10)18-13/h3-7,9,11H,1-2H3,(H,16,17). The molecule has 0 aliphatic heterocycles. The van der Waals surface area contributed by atoms with Crippen molar-refractivity contribution in [1.29, 1.82) is 5.26 Å². The summed E-state index contributed by atoms with van der Waals surface area (Å²) >= 11 is 0. The Hall–Kier alpha value is -2.28. The van der Waals surface area contributed by atoms with Crippen molar-refractivity contribution in [1.82, 2.24) is 5.32 Å². The maximum absolute atomic E-state index is 11.9. The minimum atomic E-state index is -0.509. The van der Waals surface area contributed by atoms with E-state index in [2.05, 4.69) is 11.4 Å². The third kappa shape index (κ3) is 2.35. The Morgan fingerprint density at radius 2 is 2.11 bits per heavy atom. The number of nitriles is 1. The normalized spacial score (nSPS) is 12.3. The van der Waals surface area contributed by atoms with Gasteiger partial charge in [-0.15, -0.1) is 0 Å². The lowest BCUT2D eigenvalue weighted by Gasteiger charge is -2.13. The van der Waals surface area contributed by atoms with Gasteiger partial charge in [0.1, 0.15) is 11.6 Å². The van der Waals surface area contributed by atoms with E-state index in [0.717, 1.165) is 5.39 Å². The Kier molecular flexibility index (Phi) is 3.33. The predicted octanol–water partition coefficient (Wildman–Crippen LogP) is 2.71. The smallest absolute Gasteiger partial charge is 0.288 e. The molecule has 1 N–H and O–H groups in total. The average Bonchev–Trinajstić information content (AvgIpc) is 2.79. The van der Waals surface area contributed by atoms with Gasteiger partial charge in [-0.1, -0.05) is 32.0 Å². The van der Waals surface area contributed by atoms with Gasteiger partial charge < -0.3 is 9.73 Å². The van der Waals surface area contributed by atoms with E-state index in [9.17, 15) is 4.79 Å². The Bertz CT molecular complexity index is 575. The fourth-order valence-corrected chi connectivity index (χ4v) is 1.65. The highest BCUT2D eigenvalue weighted by Gasteiger charge is 2.18. The van der Waals surface area contributed by atoms with Gasteiger partial charge in [0.15, 0.2) is 5.76 Å². The molecule has 2 aromatic rings. The lowest BCUT2D eigenvalue weighted by atomic mass is 10.1. The molecule has 0 aliphatic carbocycles. The van der Waals surface area contributed by atoms with Crippen LogP contribution in [0.25, 0.3) is 11.0 Å². The van der Waals surface area contributed by atoms with E-state index >= 15 is 0 Å². The van der Waals surface area contributed by atoms with Gasteiger partial charge in [-0.25, -0.2) is 0 Å². The van der Waals surface area contributed by atoms with Crippen molar-refractivity contribution in [3.8, 4) is 6.07 Å². The minimum Gasteiger partial charge on any atom is -0.451 e. The van der Waals surface area contributed by atoms with Crippen LogP contribution < -0.4 is 5.32 Å². The van der Waals surface area contributed by atoms with Gasteiger partial charge in [-0.3, -0.25) is 4.79 Å². The molecule has 0 radical (unpaired) electrons. The lowest BCUT2D eigenvalue weighted by Crippen LogP contribution is -2.37. The fraction of sp³-hybridized carbons (Fsp3) is 0.286. The van der Waals surface area contributed by atoms with Gasteiger partial charge >= 0.3 is 0 Å². The summed E-state index contributed by atoms with van der Waals surface area (Å²) < 4.78 is 5.43. The zero-order chi connectivity index (χ0) is 13.1. The van der Waals surface area contributed by atoms with Crippen LogP contribution in [0.1, 0.15) is 24.4 Å². The van der Waals surface area contributed by atoms with Gasteiger partial charge in [0.05, 0.1) is 6.07 Å². The first kappa shape index (κ1) is 12.2. The van der Waals surface area contributed by atoms with Crippen molar-refractivity contribution in [2.45, 2.75) is 19.9 Å². The molecule has 92 valence electrons. The molecule has 18 heavy (non-hydrogen) atoms. The van der Waals surface area contributed by atoms with Gasteiger partial charge in [0.25, 0.3) is 5.91 Å². The second-order valence-electron chi connectivity index (χ2n) is 4.47. The SMILES string of the molecule is CC(C)C(C#N)NC(=O)c1cc2ccccc2o1. The van der Waals surface area contributed by atoms with E-state index < -0.39 is 6.04 Å². The van der Waals surface area contributed by atoms with Gasteiger partial charge in [-0.2, -0.15) is 5.26 Å². The number of para-hydroxylation sites is 1. The Morgan fingerprint density at radius 3 is 2.72 bits per heavy atom. The van der Waals surface area contributed by atoms with Gasteiger partial charge in [0.2, 0.25) is 0 Å². The highest BCUT2D eigenvalue weighted by molar-refractivity contribution is 5.96. The molecular weight excluding hydrogens is 228 g/mol. The molecule has 1 atom stereocenters. The summed E-state index contributed by atoms with van der Waals surface area (Å²) in [6.45, 7) is 3.76. The molecule has 0 saturated heterocycles. The van der Waals surface area contributed by atoms with E-state index in [0.29, 0.717) is 5.58 Å². The largest absolute Gasteiger partial charge is 0.451 e. The summed E-state index contributed by atoms with van der Waals surface area (Å²) in [4.78, 5) is 11.9. The second-order valence-corrected chi connectivity index (χ2v) is 4.47. The third-order valence-electron chi connectivity index (χ3n) is 2.74. The van der Waals surface area contributed by atoms with Crippen molar-refractivity contribution in [3.05, 3.63) is 36.1 Å². The third-order valence-corrected chi connectivity index (χ3v) is 2.74. The van der Waals surface area contributed by atoms with E-state index in [-0.39, 0.29) is 17.6 Å². The number of hydrogen-bond donors (Lipinski definition) is 1. The molecular formula is C14H14N2O2. The topological polar surface area (TPSA) is 66.0 Å². The highest BCUT2D eigenvalue weighted by atomic mass is 16.3. The number of rotatable bonds is 3. The Balaban J connectivity index is 2.21. The molecule has 0 spiro atoms. The Morgan fingerprint density at radius 1 is 1.39 bits per heavy atom. The number of amides is 1. The summed E-state index contributed by atoms with van der Waals surface area (Å²) in [6, 6.07) is 10.6. The second kappa shape index (κ2) is 4.92. The monoisotopic (exact) mass is 242 g/mol. The number of fused-ring (bicyclic) bond motifs is 1. The quantitative estimate of drug-likeness (QED) is 0.899. The van der Waals surface area contributed by atoms with Crippen molar-refractivity contribution < 1.29 is 9.21 Å². The number of furan rings is 1. The summed E-state index contributed by atoms with van der Waals surface area (Å²) in [5.74, 6) is -0.0631. The average molecular weight is 242 g/mol. The summed E-state index contributed by atoms with van der Waals surface area (Å²) in [5, 5.41) is 12.5. The zero-order valence-corrected chi connectivity index (χ0v) is 10.3. The van der Waals surface area contributed by atoms with E-state index in [1.165, 1.54) is 0 Å². The molecule has 0 aliphatic rings. The first-order chi connectivity index (χ1) is 8.61. The maximum atomic E-state index is 11.9. The highest BCUT2D eigenvalue weighted by Crippen LogP contribution is 2.18. The summed E-state index contributed by atoms with van der Waals surface area (Å²) in [7, 11) is 0. The minimum absolute atomic E-state index is 0.0586. The van der Waals surface area contributed by atoms with Crippen LogP contribution in [0, 0.1) is 17.2 Å². The van der Waals surface area contributed by atoms with Crippen molar-refractivity contribution in [2.24, 2.45) is 5.92 Å². The Labute approximate surface area is 105 Å². The van der Waals surface area contributed by atoms with Gasteiger partial charge in [-0.05, 0) is 18.1 Å². The molecule has 1 aromatic carbocycles. The van der Waals surface area contributed by atoms with Crippen LogP contribution in [0.3, 0.4) is 0 Å². The molecule has 1 unspecified atom stereocenters. The number of nitrogens with one attached hydrogen (secondary N) is 1. The molecule has 1 aromatic heterocycles. The number of carbonyl (C=O) groups is 1. The van der Waals surface area contributed by atoms with Crippen LogP contribution in [-0.2, 0) is 0 Å². The van der Waals surface area contributed by atoms with Crippen LogP contribution in [0.15, 0.2) is 34.7 Å².